The van der Waals surface area contributed by atoms with Crippen molar-refractivity contribution in [1.82, 2.24) is 14.7 Å². The van der Waals surface area contributed by atoms with E-state index in [2.05, 4.69) is 16.5 Å². The van der Waals surface area contributed by atoms with Gasteiger partial charge in [-0.3, -0.25) is 0 Å². The van der Waals surface area contributed by atoms with Gasteiger partial charge in [0, 0.05) is 30.4 Å². The van der Waals surface area contributed by atoms with Crippen molar-refractivity contribution in [3.63, 3.8) is 0 Å². The topological polar surface area (TPSA) is 110 Å². The highest BCUT2D eigenvalue weighted by Crippen LogP contribution is 2.30. The van der Waals surface area contributed by atoms with E-state index in [0.29, 0.717) is 13.1 Å². The van der Waals surface area contributed by atoms with Crippen molar-refractivity contribution in [3.05, 3.63) is 72.1 Å². The minimum Gasteiger partial charge on any atom is -0.324 e. The van der Waals surface area contributed by atoms with Crippen molar-refractivity contribution in [3.8, 4) is 5.69 Å². The number of amides is 2. The van der Waals surface area contributed by atoms with Crippen LogP contribution in [0.3, 0.4) is 0 Å². The summed E-state index contributed by atoms with van der Waals surface area (Å²) in [6, 6.07) is 17.8. The highest BCUT2D eigenvalue weighted by molar-refractivity contribution is 7.89. The van der Waals surface area contributed by atoms with Crippen LogP contribution < -0.4 is 10.5 Å². The molecule has 2 amide bonds. The Bertz CT molecular complexity index is 1170. The van der Waals surface area contributed by atoms with E-state index in [4.69, 9.17) is 5.14 Å². The zero-order chi connectivity index (χ0) is 22.0. The van der Waals surface area contributed by atoms with Crippen LogP contribution in [-0.4, -0.2) is 42.2 Å². The number of rotatable bonds is 4. The smallest absolute Gasteiger partial charge is 0.321 e. The van der Waals surface area contributed by atoms with Crippen LogP contribution in [0.5, 0.6) is 0 Å². The van der Waals surface area contributed by atoms with Crippen LogP contribution in [0.2, 0.25) is 0 Å². The number of nitrogens with one attached hydrogen (secondary N) is 1. The van der Waals surface area contributed by atoms with E-state index in [1.165, 1.54) is 12.1 Å². The zero-order valence-corrected chi connectivity index (χ0v) is 18.0. The van der Waals surface area contributed by atoms with Gasteiger partial charge in [0.05, 0.1) is 16.3 Å². The maximum absolute atomic E-state index is 12.6. The number of hydrogen-bond donors (Lipinski definition) is 2. The summed E-state index contributed by atoms with van der Waals surface area (Å²) in [5.74, 6) is 0.250. The lowest BCUT2D eigenvalue weighted by Crippen LogP contribution is -2.40. The first-order chi connectivity index (χ1) is 14.8. The molecule has 3 N–H and O–H groups in total. The van der Waals surface area contributed by atoms with Crippen LogP contribution in [0.15, 0.2) is 65.6 Å². The third-order valence-electron chi connectivity index (χ3n) is 5.49. The van der Waals surface area contributed by atoms with E-state index >= 15 is 0 Å². The lowest BCUT2D eigenvalue weighted by atomic mass is 9.93. The summed E-state index contributed by atoms with van der Waals surface area (Å²) in [5, 5.41) is 12.7. The number of carbonyl (C=O) groups is 1. The van der Waals surface area contributed by atoms with Gasteiger partial charge in [0.15, 0.2) is 0 Å². The lowest BCUT2D eigenvalue weighted by molar-refractivity contribution is 0.193. The predicted octanol–water partition coefficient (Wildman–Crippen LogP) is 3.24. The Morgan fingerprint density at radius 3 is 2.32 bits per heavy atom. The van der Waals surface area contributed by atoms with Gasteiger partial charge in [-0.25, -0.2) is 23.0 Å². The summed E-state index contributed by atoms with van der Waals surface area (Å²) in [6.45, 7) is 3.23. The second-order valence-corrected chi connectivity index (χ2v) is 9.28. The average molecular weight is 440 g/mol. The largest absolute Gasteiger partial charge is 0.324 e. The van der Waals surface area contributed by atoms with Crippen molar-refractivity contribution < 1.29 is 13.2 Å². The molecule has 162 valence electrons. The fourth-order valence-electron chi connectivity index (χ4n) is 3.90. The second kappa shape index (κ2) is 8.52. The number of aromatic nitrogens is 2. The Hall–Kier alpha value is -3.17. The molecule has 0 radical (unpaired) electrons. The molecule has 1 saturated heterocycles. The molecule has 2 aromatic carbocycles. The van der Waals surface area contributed by atoms with E-state index in [1.807, 2.05) is 46.8 Å². The molecule has 2 heterocycles. The van der Waals surface area contributed by atoms with Gasteiger partial charge < -0.3 is 10.2 Å². The lowest BCUT2D eigenvalue weighted by Gasteiger charge is -2.32. The van der Waals surface area contributed by atoms with Gasteiger partial charge in [-0.05, 0) is 62.2 Å². The van der Waals surface area contributed by atoms with Gasteiger partial charge in [-0.1, -0.05) is 18.2 Å². The van der Waals surface area contributed by atoms with Crippen molar-refractivity contribution >= 4 is 21.7 Å². The summed E-state index contributed by atoms with van der Waals surface area (Å²) in [5.41, 5.74) is 3.50. The standard InChI is InChI=1S/C22H25N5O3S/c1-16-15-21(27(25-16)19-7-9-20(10-8-19)31(23,29)30)17-11-13-26(14-12-17)22(28)24-18-5-3-2-4-6-18/h2-10,15,17H,11-14H2,1H3,(H,24,28)(H2,23,29,30). The van der Waals surface area contributed by atoms with E-state index in [-0.39, 0.29) is 16.8 Å². The molecule has 31 heavy (non-hydrogen) atoms. The quantitative estimate of drug-likeness (QED) is 0.650. The molecule has 3 aromatic rings. The van der Waals surface area contributed by atoms with E-state index in [0.717, 1.165) is 35.6 Å². The highest BCUT2D eigenvalue weighted by Gasteiger charge is 2.27. The SMILES string of the molecule is Cc1cc(C2CCN(C(=O)Nc3ccccc3)CC2)n(-c2ccc(S(N)(=O)=O)cc2)n1. The van der Waals surface area contributed by atoms with Gasteiger partial charge in [0.25, 0.3) is 0 Å². The molecule has 0 aliphatic carbocycles. The number of primary sulfonamides is 1. The zero-order valence-electron chi connectivity index (χ0n) is 17.2. The van der Waals surface area contributed by atoms with E-state index in [9.17, 15) is 13.2 Å². The molecule has 0 unspecified atom stereocenters. The molecule has 0 atom stereocenters. The van der Waals surface area contributed by atoms with Crippen molar-refractivity contribution in [1.29, 1.82) is 0 Å². The Balaban J connectivity index is 1.46. The summed E-state index contributed by atoms with van der Waals surface area (Å²) >= 11 is 0. The Labute approximate surface area is 181 Å². The first-order valence-corrected chi connectivity index (χ1v) is 11.7. The summed E-state index contributed by atoms with van der Waals surface area (Å²) < 4.78 is 24.9. The van der Waals surface area contributed by atoms with Crippen LogP contribution in [0.25, 0.3) is 5.69 Å². The summed E-state index contributed by atoms with van der Waals surface area (Å²) in [6.07, 6.45) is 1.64. The number of anilines is 1. The molecule has 0 spiro atoms. The number of aryl methyl sites for hydroxylation is 1. The van der Waals surface area contributed by atoms with Gasteiger partial charge >= 0.3 is 6.03 Å². The average Bonchev–Trinajstić information content (AvgIpc) is 3.16. The monoisotopic (exact) mass is 439 g/mol. The molecule has 1 aliphatic heterocycles. The number of likely N-dealkylation sites (tertiary alicyclic amines) is 1. The second-order valence-electron chi connectivity index (χ2n) is 7.72. The molecule has 4 rings (SSSR count). The molecule has 9 heteroatoms. The molecule has 8 nitrogen and oxygen atoms in total. The van der Waals surface area contributed by atoms with Crippen LogP contribution in [0.4, 0.5) is 10.5 Å². The Morgan fingerprint density at radius 1 is 1.06 bits per heavy atom. The maximum atomic E-state index is 12.6. The minimum atomic E-state index is -3.74. The molecule has 0 saturated carbocycles. The first-order valence-electron chi connectivity index (χ1n) is 10.1. The van der Waals surface area contributed by atoms with Gasteiger partial charge in [-0.2, -0.15) is 5.10 Å². The number of benzene rings is 2. The highest BCUT2D eigenvalue weighted by atomic mass is 32.2. The fourth-order valence-corrected chi connectivity index (χ4v) is 4.41. The number of hydrogen-bond acceptors (Lipinski definition) is 4. The van der Waals surface area contributed by atoms with Crippen molar-refractivity contribution in [2.24, 2.45) is 5.14 Å². The number of piperidine rings is 1. The van der Waals surface area contributed by atoms with Crippen molar-refractivity contribution in [2.45, 2.75) is 30.6 Å². The molecular weight excluding hydrogens is 414 g/mol. The number of nitrogens with zero attached hydrogens (tertiary/aromatic N) is 3. The third kappa shape index (κ3) is 4.78. The number of urea groups is 1. The first kappa shape index (κ1) is 21.1. The maximum Gasteiger partial charge on any atom is 0.321 e. The number of para-hydroxylation sites is 1. The number of sulfonamides is 1. The summed E-state index contributed by atoms with van der Waals surface area (Å²) in [4.78, 5) is 14.5. The van der Waals surface area contributed by atoms with Gasteiger partial charge in [-0.15, -0.1) is 0 Å². The number of carbonyl (C=O) groups excluding carboxylic acids is 1. The fraction of sp³-hybridized carbons (Fsp3) is 0.273. The van der Waals surface area contributed by atoms with Crippen LogP contribution in [0, 0.1) is 6.92 Å². The molecule has 1 fully saturated rings. The molecule has 0 bridgehead atoms. The molecule has 1 aromatic heterocycles. The van der Waals surface area contributed by atoms with E-state index < -0.39 is 10.0 Å². The van der Waals surface area contributed by atoms with Crippen LogP contribution in [-0.2, 0) is 10.0 Å². The van der Waals surface area contributed by atoms with Crippen LogP contribution >= 0.6 is 0 Å². The predicted molar refractivity (Wildman–Crippen MR) is 119 cm³/mol. The number of nitrogens with two attached hydrogens (primary N) is 1. The third-order valence-corrected chi connectivity index (χ3v) is 6.42. The molecular formula is C22H25N5O3S. The minimum absolute atomic E-state index is 0.0689. The Kier molecular flexibility index (Phi) is 5.79. The molecule has 1 aliphatic rings. The van der Waals surface area contributed by atoms with Gasteiger partial charge in [0.1, 0.15) is 0 Å². The van der Waals surface area contributed by atoms with E-state index in [1.54, 1.807) is 12.1 Å². The Morgan fingerprint density at radius 2 is 1.71 bits per heavy atom. The van der Waals surface area contributed by atoms with Crippen LogP contribution in [0.1, 0.15) is 30.1 Å². The van der Waals surface area contributed by atoms with Crippen molar-refractivity contribution in [2.75, 3.05) is 18.4 Å². The normalized spacial score (nSPS) is 15.1. The van der Waals surface area contributed by atoms with Gasteiger partial charge in [0.2, 0.25) is 10.0 Å². The summed E-state index contributed by atoms with van der Waals surface area (Å²) in [7, 11) is -3.74.